The summed E-state index contributed by atoms with van der Waals surface area (Å²) in [6, 6.07) is 16.3. The van der Waals surface area contributed by atoms with E-state index in [0.717, 1.165) is 37.3 Å². The molecular weight excluding hydrogens is 286 g/mol. The Balaban J connectivity index is 1.60. The van der Waals surface area contributed by atoms with Crippen LogP contribution in [-0.4, -0.2) is 30.4 Å². The minimum atomic E-state index is 0.0105. The molecule has 0 bridgehead atoms. The number of nitrogens with zero attached hydrogens (tertiary/aromatic N) is 1. The van der Waals surface area contributed by atoms with Crippen molar-refractivity contribution in [2.24, 2.45) is 5.92 Å². The van der Waals surface area contributed by atoms with E-state index < -0.39 is 0 Å². The average Bonchev–Trinajstić information content (AvgIpc) is 2.91. The van der Waals surface area contributed by atoms with E-state index in [1.165, 1.54) is 5.56 Å². The van der Waals surface area contributed by atoms with E-state index in [1.54, 1.807) is 0 Å². The molecule has 3 N–H and O–H groups in total. The van der Waals surface area contributed by atoms with Gasteiger partial charge in [-0.1, -0.05) is 36.4 Å². The first-order valence-corrected chi connectivity index (χ1v) is 8.14. The molecule has 0 aliphatic carbocycles. The first-order valence-electron chi connectivity index (χ1n) is 8.14. The summed E-state index contributed by atoms with van der Waals surface area (Å²) in [7, 11) is 0. The predicted octanol–water partition coefficient (Wildman–Crippen LogP) is 2.23. The van der Waals surface area contributed by atoms with Crippen LogP contribution in [0.2, 0.25) is 0 Å². The summed E-state index contributed by atoms with van der Waals surface area (Å²) < 4.78 is 0. The van der Waals surface area contributed by atoms with Crippen molar-refractivity contribution in [2.45, 2.75) is 12.5 Å². The van der Waals surface area contributed by atoms with Gasteiger partial charge in [-0.05, 0) is 29.2 Å². The second-order valence-corrected chi connectivity index (χ2v) is 6.60. The molecule has 2 aromatic carbocycles. The van der Waals surface area contributed by atoms with E-state index >= 15 is 0 Å². The van der Waals surface area contributed by atoms with Gasteiger partial charge in [0.15, 0.2) is 0 Å². The number of nitrogens with two attached hydrogens (primary N) is 1. The van der Waals surface area contributed by atoms with Crippen molar-refractivity contribution in [2.75, 3.05) is 25.4 Å². The molecule has 4 rings (SSSR count). The van der Waals surface area contributed by atoms with Crippen molar-refractivity contribution < 1.29 is 4.79 Å². The number of hydrogen-bond donors (Lipinski definition) is 2. The van der Waals surface area contributed by atoms with E-state index in [2.05, 4.69) is 34.5 Å². The van der Waals surface area contributed by atoms with E-state index in [9.17, 15) is 4.79 Å². The molecule has 23 heavy (non-hydrogen) atoms. The quantitative estimate of drug-likeness (QED) is 0.837. The van der Waals surface area contributed by atoms with Gasteiger partial charge < -0.3 is 11.1 Å². The third kappa shape index (κ3) is 2.70. The van der Waals surface area contributed by atoms with Gasteiger partial charge in [0.25, 0.3) is 5.91 Å². The molecule has 2 atom stereocenters. The lowest BCUT2D eigenvalue weighted by Crippen LogP contribution is -2.29. The van der Waals surface area contributed by atoms with Crippen molar-refractivity contribution in [3.8, 4) is 0 Å². The number of nitrogens with one attached hydrogen (secondary N) is 1. The maximum atomic E-state index is 12.3. The summed E-state index contributed by atoms with van der Waals surface area (Å²) in [6.45, 7) is 3.71. The molecule has 0 aromatic heterocycles. The highest BCUT2D eigenvalue weighted by Gasteiger charge is 2.37. The number of benzene rings is 2. The van der Waals surface area contributed by atoms with Crippen LogP contribution in [0.1, 0.15) is 27.4 Å². The third-order valence-electron chi connectivity index (χ3n) is 5.01. The third-order valence-corrected chi connectivity index (χ3v) is 5.01. The van der Waals surface area contributed by atoms with E-state index in [4.69, 9.17) is 5.73 Å². The average molecular weight is 307 g/mol. The molecular formula is C19H21N3O. The van der Waals surface area contributed by atoms with Gasteiger partial charge >= 0.3 is 0 Å². The van der Waals surface area contributed by atoms with Gasteiger partial charge in [0.05, 0.1) is 0 Å². The second-order valence-electron chi connectivity index (χ2n) is 6.60. The highest BCUT2D eigenvalue weighted by molar-refractivity contribution is 5.97. The Labute approximate surface area is 136 Å². The summed E-state index contributed by atoms with van der Waals surface area (Å²) in [5.41, 5.74) is 9.76. The number of rotatable bonds is 2. The highest BCUT2D eigenvalue weighted by Crippen LogP contribution is 2.37. The topological polar surface area (TPSA) is 58.4 Å². The Morgan fingerprint density at radius 3 is 2.78 bits per heavy atom. The fourth-order valence-electron chi connectivity index (χ4n) is 3.90. The lowest BCUT2D eigenvalue weighted by atomic mass is 9.87. The highest BCUT2D eigenvalue weighted by atomic mass is 16.1. The van der Waals surface area contributed by atoms with Crippen molar-refractivity contribution >= 4 is 11.6 Å². The maximum Gasteiger partial charge on any atom is 0.251 e. The zero-order valence-electron chi connectivity index (χ0n) is 13.0. The van der Waals surface area contributed by atoms with Crippen LogP contribution in [0.25, 0.3) is 0 Å². The monoisotopic (exact) mass is 307 g/mol. The zero-order valence-corrected chi connectivity index (χ0v) is 13.0. The number of anilines is 1. The molecule has 2 heterocycles. The number of nitrogen functional groups attached to an aromatic ring is 1. The summed E-state index contributed by atoms with van der Waals surface area (Å²) in [6.07, 6.45) is 0. The number of carbonyl (C=O) groups excluding carboxylic acids is 1. The summed E-state index contributed by atoms with van der Waals surface area (Å²) in [4.78, 5) is 14.8. The van der Waals surface area contributed by atoms with Gasteiger partial charge in [0.1, 0.15) is 0 Å². The van der Waals surface area contributed by atoms with Crippen LogP contribution in [0.3, 0.4) is 0 Å². The molecule has 0 radical (unpaired) electrons. The molecule has 4 nitrogen and oxygen atoms in total. The summed E-state index contributed by atoms with van der Waals surface area (Å²) >= 11 is 0. The van der Waals surface area contributed by atoms with Gasteiger partial charge in [-0.15, -0.1) is 0 Å². The van der Waals surface area contributed by atoms with E-state index in [1.807, 2.05) is 24.3 Å². The summed E-state index contributed by atoms with van der Waals surface area (Å²) in [5.74, 6) is 0.872. The fraction of sp³-hybridized carbons (Fsp3) is 0.316. The molecule has 1 unspecified atom stereocenters. The Morgan fingerprint density at radius 2 is 1.96 bits per heavy atom. The second kappa shape index (κ2) is 5.70. The van der Waals surface area contributed by atoms with E-state index in [0.29, 0.717) is 17.5 Å². The lowest BCUT2D eigenvalue weighted by molar-refractivity contribution is 0.0951. The maximum absolute atomic E-state index is 12.3. The number of fused-ring (bicyclic) bond motifs is 3. The fourth-order valence-corrected chi connectivity index (χ4v) is 3.90. The van der Waals surface area contributed by atoms with Crippen LogP contribution in [0.15, 0.2) is 48.5 Å². The van der Waals surface area contributed by atoms with Crippen LogP contribution in [-0.2, 0) is 6.54 Å². The molecule has 1 fully saturated rings. The van der Waals surface area contributed by atoms with Gasteiger partial charge in [-0.25, -0.2) is 0 Å². The molecule has 2 aliphatic heterocycles. The number of hydrogen-bond acceptors (Lipinski definition) is 3. The molecule has 2 aliphatic rings. The van der Waals surface area contributed by atoms with Crippen LogP contribution < -0.4 is 11.1 Å². The van der Waals surface area contributed by atoms with Crippen molar-refractivity contribution in [3.05, 3.63) is 65.2 Å². The number of carbonyl (C=O) groups is 1. The zero-order chi connectivity index (χ0) is 15.8. The standard InChI is InChI=1S/C19H21N3O/c20-15-6-7-16-17(8-15)19(23)21-9-14-11-22(12-18(14)16)10-13-4-2-1-3-5-13/h1-8,14,18H,9-12,20H2,(H,21,23)/t14-,18?/m0/s1. The van der Waals surface area contributed by atoms with Crippen LogP contribution in [0.4, 0.5) is 5.69 Å². The molecule has 2 aromatic rings. The Morgan fingerprint density at radius 1 is 1.13 bits per heavy atom. The van der Waals surface area contributed by atoms with Crippen molar-refractivity contribution in [1.29, 1.82) is 0 Å². The van der Waals surface area contributed by atoms with Gasteiger partial charge in [0, 0.05) is 43.3 Å². The minimum Gasteiger partial charge on any atom is -0.399 e. The summed E-state index contributed by atoms with van der Waals surface area (Å²) in [5, 5.41) is 3.06. The minimum absolute atomic E-state index is 0.0105. The Kier molecular flexibility index (Phi) is 3.54. The number of amides is 1. The largest absolute Gasteiger partial charge is 0.399 e. The molecule has 1 amide bonds. The first kappa shape index (κ1) is 14.3. The Hall–Kier alpha value is -2.33. The van der Waals surface area contributed by atoms with Gasteiger partial charge in [0.2, 0.25) is 0 Å². The molecule has 4 heteroatoms. The molecule has 0 saturated carbocycles. The predicted molar refractivity (Wildman–Crippen MR) is 91.1 cm³/mol. The number of likely N-dealkylation sites (tertiary alicyclic amines) is 1. The van der Waals surface area contributed by atoms with Crippen molar-refractivity contribution in [3.63, 3.8) is 0 Å². The van der Waals surface area contributed by atoms with Crippen LogP contribution >= 0.6 is 0 Å². The van der Waals surface area contributed by atoms with E-state index in [-0.39, 0.29) is 5.91 Å². The SMILES string of the molecule is Nc1ccc2c(c1)C(=O)NC[C@H]1CN(Cc3ccccc3)CC21. The normalized spacial score (nSPS) is 23.7. The first-order chi connectivity index (χ1) is 11.2. The Bertz CT molecular complexity index is 729. The van der Waals surface area contributed by atoms with Gasteiger partial charge in [-0.2, -0.15) is 0 Å². The van der Waals surface area contributed by atoms with Crippen LogP contribution in [0.5, 0.6) is 0 Å². The van der Waals surface area contributed by atoms with Crippen LogP contribution in [0, 0.1) is 5.92 Å². The van der Waals surface area contributed by atoms with Crippen molar-refractivity contribution in [1.82, 2.24) is 10.2 Å². The molecule has 0 spiro atoms. The molecule has 118 valence electrons. The smallest absolute Gasteiger partial charge is 0.251 e. The van der Waals surface area contributed by atoms with Gasteiger partial charge in [-0.3, -0.25) is 9.69 Å². The molecule has 1 saturated heterocycles. The lowest BCUT2D eigenvalue weighted by Gasteiger charge is -2.17.